The van der Waals surface area contributed by atoms with E-state index < -0.39 is 0 Å². The summed E-state index contributed by atoms with van der Waals surface area (Å²) in [6.45, 7) is 2.05. The topological polar surface area (TPSA) is 29.5 Å². The Kier molecular flexibility index (Phi) is 5.87. The molecule has 0 radical (unpaired) electrons. The monoisotopic (exact) mass is 323 g/mol. The number of benzene rings is 1. The second-order valence-electron chi connectivity index (χ2n) is 6.56. The summed E-state index contributed by atoms with van der Waals surface area (Å²) in [6, 6.07) is 10.2. The van der Waals surface area contributed by atoms with Gasteiger partial charge in [0.1, 0.15) is 6.10 Å². The van der Waals surface area contributed by atoms with Gasteiger partial charge in [0.2, 0.25) is 0 Å². The van der Waals surface area contributed by atoms with Gasteiger partial charge in [0, 0.05) is 13.1 Å². The van der Waals surface area contributed by atoms with Crippen molar-refractivity contribution in [1.29, 1.82) is 0 Å². The molecule has 1 aromatic rings. The Morgan fingerprint density at radius 2 is 1.73 bits per heavy atom. The van der Waals surface area contributed by atoms with Crippen LogP contribution in [0.1, 0.15) is 44.1 Å². The number of halogens is 1. The van der Waals surface area contributed by atoms with E-state index in [0.29, 0.717) is 0 Å². The predicted octanol–water partition coefficient (Wildman–Crippen LogP) is 3.56. The Labute approximate surface area is 139 Å². The highest BCUT2D eigenvalue weighted by Gasteiger charge is 2.44. The van der Waals surface area contributed by atoms with Crippen molar-refractivity contribution in [2.45, 2.75) is 50.0 Å². The van der Waals surface area contributed by atoms with Crippen molar-refractivity contribution < 1.29 is 9.53 Å². The maximum atomic E-state index is 12.9. The maximum absolute atomic E-state index is 12.9. The molecule has 2 fully saturated rings. The fourth-order valence-corrected chi connectivity index (χ4v) is 3.71. The predicted molar refractivity (Wildman–Crippen MR) is 90.4 cm³/mol. The number of hydrogen-bond acceptors (Lipinski definition) is 3. The van der Waals surface area contributed by atoms with E-state index in [0.717, 1.165) is 57.2 Å². The SMILES string of the molecule is CN1CCC(OC(=O)C2(c3ccccc3)CCCC2)CC1.Cl. The summed E-state index contributed by atoms with van der Waals surface area (Å²) in [4.78, 5) is 15.2. The molecule has 1 heterocycles. The van der Waals surface area contributed by atoms with Crippen LogP contribution in [0.15, 0.2) is 30.3 Å². The Morgan fingerprint density at radius 1 is 1.14 bits per heavy atom. The van der Waals surface area contributed by atoms with Gasteiger partial charge >= 0.3 is 5.97 Å². The van der Waals surface area contributed by atoms with Crippen LogP contribution in [0, 0.1) is 0 Å². The molecule has 3 nitrogen and oxygen atoms in total. The van der Waals surface area contributed by atoms with Crippen LogP contribution >= 0.6 is 12.4 Å². The first-order valence-electron chi connectivity index (χ1n) is 8.16. The summed E-state index contributed by atoms with van der Waals surface area (Å²) < 4.78 is 5.92. The average Bonchev–Trinajstić information content (AvgIpc) is 3.01. The van der Waals surface area contributed by atoms with E-state index in [1.165, 1.54) is 0 Å². The Morgan fingerprint density at radius 3 is 2.32 bits per heavy atom. The van der Waals surface area contributed by atoms with Crippen LogP contribution in [-0.4, -0.2) is 37.1 Å². The van der Waals surface area contributed by atoms with Crippen molar-refractivity contribution in [1.82, 2.24) is 4.90 Å². The van der Waals surface area contributed by atoms with Crippen molar-refractivity contribution in [2.75, 3.05) is 20.1 Å². The summed E-state index contributed by atoms with van der Waals surface area (Å²) >= 11 is 0. The highest BCUT2D eigenvalue weighted by Crippen LogP contribution is 2.42. The van der Waals surface area contributed by atoms with Gasteiger partial charge in [-0.15, -0.1) is 12.4 Å². The van der Waals surface area contributed by atoms with Gasteiger partial charge in [0.25, 0.3) is 0 Å². The number of hydrogen-bond donors (Lipinski definition) is 0. The molecule has 3 rings (SSSR count). The van der Waals surface area contributed by atoms with Crippen LogP contribution in [0.25, 0.3) is 0 Å². The van der Waals surface area contributed by atoms with Gasteiger partial charge in [-0.1, -0.05) is 43.2 Å². The quantitative estimate of drug-likeness (QED) is 0.797. The lowest BCUT2D eigenvalue weighted by Crippen LogP contribution is -2.41. The minimum absolute atomic E-state index is 0. The molecular weight excluding hydrogens is 298 g/mol. The average molecular weight is 324 g/mol. The first kappa shape index (κ1) is 17.3. The highest BCUT2D eigenvalue weighted by molar-refractivity contribution is 5.85. The van der Waals surface area contributed by atoms with Gasteiger partial charge in [0.05, 0.1) is 5.41 Å². The Hall–Kier alpha value is -1.06. The number of piperidine rings is 1. The fraction of sp³-hybridized carbons (Fsp3) is 0.611. The van der Waals surface area contributed by atoms with Crippen molar-refractivity contribution >= 4 is 18.4 Å². The summed E-state index contributed by atoms with van der Waals surface area (Å²) in [7, 11) is 2.13. The number of rotatable bonds is 3. The Bertz CT molecular complexity index is 477. The second kappa shape index (κ2) is 7.47. The first-order valence-corrected chi connectivity index (χ1v) is 8.16. The number of likely N-dealkylation sites (tertiary alicyclic amines) is 1. The first-order chi connectivity index (χ1) is 10.2. The summed E-state index contributed by atoms with van der Waals surface area (Å²) in [5, 5.41) is 0. The van der Waals surface area contributed by atoms with Gasteiger partial charge in [-0.3, -0.25) is 4.79 Å². The lowest BCUT2D eigenvalue weighted by molar-refractivity contribution is -0.158. The lowest BCUT2D eigenvalue weighted by Gasteiger charge is -2.33. The molecule has 122 valence electrons. The van der Waals surface area contributed by atoms with Crippen molar-refractivity contribution in [2.24, 2.45) is 0 Å². The van der Waals surface area contributed by atoms with Crippen LogP contribution in [0.4, 0.5) is 0 Å². The number of esters is 1. The molecule has 1 aliphatic heterocycles. The van der Waals surface area contributed by atoms with Crippen molar-refractivity contribution in [3.05, 3.63) is 35.9 Å². The zero-order valence-corrected chi connectivity index (χ0v) is 14.1. The lowest BCUT2D eigenvalue weighted by atomic mass is 9.79. The zero-order valence-electron chi connectivity index (χ0n) is 13.3. The highest BCUT2D eigenvalue weighted by atomic mass is 35.5. The largest absolute Gasteiger partial charge is 0.462 e. The van der Waals surface area contributed by atoms with E-state index in [1.54, 1.807) is 0 Å². The number of carbonyl (C=O) groups is 1. The molecular formula is C18H26ClNO2. The molecule has 0 atom stereocenters. The third kappa shape index (κ3) is 3.47. The molecule has 1 aromatic carbocycles. The van der Waals surface area contributed by atoms with Gasteiger partial charge < -0.3 is 9.64 Å². The van der Waals surface area contributed by atoms with Crippen LogP contribution in [-0.2, 0) is 14.9 Å². The molecule has 0 unspecified atom stereocenters. The normalized spacial score (nSPS) is 22.0. The standard InChI is InChI=1S/C18H25NO2.ClH/c1-19-13-9-16(10-14-19)21-17(20)18(11-5-6-12-18)15-7-3-2-4-8-15;/h2-4,7-8,16H,5-6,9-14H2,1H3;1H. The van der Waals surface area contributed by atoms with E-state index in [4.69, 9.17) is 4.74 Å². The minimum Gasteiger partial charge on any atom is -0.462 e. The Balaban J connectivity index is 0.00000176. The molecule has 1 saturated heterocycles. The number of ether oxygens (including phenoxy) is 1. The van der Waals surface area contributed by atoms with Gasteiger partial charge in [-0.25, -0.2) is 0 Å². The molecule has 2 aliphatic rings. The number of carbonyl (C=O) groups excluding carboxylic acids is 1. The van der Waals surface area contributed by atoms with Crippen LogP contribution in [0.5, 0.6) is 0 Å². The molecule has 1 aliphatic carbocycles. The zero-order chi connectivity index (χ0) is 14.7. The molecule has 22 heavy (non-hydrogen) atoms. The van der Waals surface area contributed by atoms with Crippen LogP contribution < -0.4 is 0 Å². The third-order valence-electron chi connectivity index (χ3n) is 5.11. The second-order valence-corrected chi connectivity index (χ2v) is 6.56. The van der Waals surface area contributed by atoms with Crippen molar-refractivity contribution in [3.8, 4) is 0 Å². The molecule has 0 bridgehead atoms. The third-order valence-corrected chi connectivity index (χ3v) is 5.11. The van der Waals surface area contributed by atoms with Gasteiger partial charge in [-0.05, 0) is 38.3 Å². The van der Waals surface area contributed by atoms with Crippen LogP contribution in [0.3, 0.4) is 0 Å². The van der Waals surface area contributed by atoms with Gasteiger partial charge in [0.15, 0.2) is 0 Å². The van der Waals surface area contributed by atoms with Crippen molar-refractivity contribution in [3.63, 3.8) is 0 Å². The number of nitrogens with zero attached hydrogens (tertiary/aromatic N) is 1. The van der Waals surface area contributed by atoms with Gasteiger partial charge in [-0.2, -0.15) is 0 Å². The minimum atomic E-state index is -0.384. The summed E-state index contributed by atoms with van der Waals surface area (Å²) in [5.41, 5.74) is 0.755. The maximum Gasteiger partial charge on any atom is 0.316 e. The van der Waals surface area contributed by atoms with E-state index in [1.807, 2.05) is 18.2 Å². The molecule has 4 heteroatoms. The molecule has 0 spiro atoms. The van der Waals surface area contributed by atoms with Crippen LogP contribution in [0.2, 0.25) is 0 Å². The van der Waals surface area contributed by atoms with E-state index in [-0.39, 0.29) is 29.9 Å². The summed E-state index contributed by atoms with van der Waals surface area (Å²) in [5.74, 6) is 0.0146. The molecule has 0 N–H and O–H groups in total. The van der Waals surface area contributed by atoms with E-state index >= 15 is 0 Å². The summed E-state index contributed by atoms with van der Waals surface area (Å²) in [6.07, 6.45) is 6.15. The van der Waals surface area contributed by atoms with E-state index in [9.17, 15) is 4.79 Å². The van der Waals surface area contributed by atoms with E-state index in [2.05, 4.69) is 24.1 Å². The fourth-order valence-electron chi connectivity index (χ4n) is 3.71. The smallest absolute Gasteiger partial charge is 0.316 e. The molecule has 1 saturated carbocycles. The molecule has 0 aromatic heterocycles. The molecule has 0 amide bonds.